The van der Waals surface area contributed by atoms with Gasteiger partial charge in [-0.3, -0.25) is 9.69 Å². The van der Waals surface area contributed by atoms with E-state index >= 15 is 0 Å². The Bertz CT molecular complexity index is 648. The molecule has 0 bridgehead atoms. The van der Waals surface area contributed by atoms with Crippen molar-refractivity contribution in [2.45, 2.75) is 37.8 Å². The lowest BCUT2D eigenvalue weighted by molar-refractivity contribution is -0.0512. The van der Waals surface area contributed by atoms with Crippen LogP contribution in [0.5, 0.6) is 11.5 Å². The van der Waals surface area contributed by atoms with E-state index in [1.54, 1.807) is 6.07 Å². The van der Waals surface area contributed by atoms with Crippen LogP contribution >= 0.6 is 11.8 Å². The first-order valence-corrected chi connectivity index (χ1v) is 10.4. The molecule has 1 saturated heterocycles. The summed E-state index contributed by atoms with van der Waals surface area (Å²) in [5.74, 6) is 2.01. The fourth-order valence-corrected chi connectivity index (χ4v) is 4.93. The number of carbonyl (C=O) groups excluding carboxylic acids is 1. The summed E-state index contributed by atoms with van der Waals surface area (Å²) >= 11 is 1.97. The highest BCUT2D eigenvalue weighted by Gasteiger charge is 2.40. The van der Waals surface area contributed by atoms with Crippen LogP contribution < -0.4 is 14.8 Å². The number of methoxy groups -OCH3 is 1. The Kier molecular flexibility index (Phi) is 6.81. The number of benzene rings is 1. The number of halogens is 2. The molecule has 0 spiro atoms. The van der Waals surface area contributed by atoms with Crippen LogP contribution in [0.1, 0.15) is 36.0 Å². The number of ether oxygens (including phenoxy) is 2. The number of amides is 1. The maximum absolute atomic E-state index is 12.6. The van der Waals surface area contributed by atoms with Crippen LogP contribution in [0.15, 0.2) is 18.2 Å². The Balaban J connectivity index is 1.69. The molecule has 1 heterocycles. The molecule has 0 atom stereocenters. The van der Waals surface area contributed by atoms with E-state index in [4.69, 9.17) is 4.74 Å². The Morgan fingerprint density at radius 3 is 2.59 bits per heavy atom. The third-order valence-corrected chi connectivity index (χ3v) is 6.38. The fourth-order valence-electron chi connectivity index (χ4n) is 4.03. The summed E-state index contributed by atoms with van der Waals surface area (Å²) in [6.07, 6.45) is 4.52. The minimum Gasteiger partial charge on any atom is -0.493 e. The van der Waals surface area contributed by atoms with Crippen molar-refractivity contribution in [3.63, 3.8) is 0 Å². The van der Waals surface area contributed by atoms with Gasteiger partial charge in [-0.1, -0.05) is 12.8 Å². The molecule has 150 valence electrons. The number of nitrogens with zero attached hydrogens (tertiary/aromatic N) is 1. The fraction of sp³-hybridized carbons (Fsp3) is 0.632. The van der Waals surface area contributed by atoms with Gasteiger partial charge in [0.1, 0.15) is 0 Å². The molecule has 0 unspecified atom stereocenters. The van der Waals surface area contributed by atoms with Gasteiger partial charge in [0, 0.05) is 42.2 Å². The molecule has 0 aromatic heterocycles. The monoisotopic (exact) mass is 400 g/mol. The van der Waals surface area contributed by atoms with E-state index in [1.807, 2.05) is 11.8 Å². The van der Waals surface area contributed by atoms with E-state index in [1.165, 1.54) is 32.1 Å². The van der Waals surface area contributed by atoms with Gasteiger partial charge in [0.25, 0.3) is 5.91 Å². The predicted molar refractivity (Wildman–Crippen MR) is 102 cm³/mol. The molecule has 2 fully saturated rings. The summed E-state index contributed by atoms with van der Waals surface area (Å²) in [5.41, 5.74) is 0.305. The van der Waals surface area contributed by atoms with E-state index in [-0.39, 0.29) is 28.5 Å². The van der Waals surface area contributed by atoms with E-state index in [9.17, 15) is 13.6 Å². The van der Waals surface area contributed by atoms with Crippen molar-refractivity contribution < 1.29 is 23.0 Å². The van der Waals surface area contributed by atoms with E-state index in [0.717, 1.165) is 37.4 Å². The van der Waals surface area contributed by atoms with Crippen LogP contribution in [0, 0.1) is 0 Å². The summed E-state index contributed by atoms with van der Waals surface area (Å²) in [7, 11) is 1.37. The summed E-state index contributed by atoms with van der Waals surface area (Å²) < 4.78 is 34.7. The third kappa shape index (κ3) is 4.85. The van der Waals surface area contributed by atoms with Gasteiger partial charge in [-0.2, -0.15) is 20.5 Å². The molecule has 1 amide bonds. The standard InChI is InChI=1S/C19H26F2N2O3S/c1-25-15-5-4-14(12-16(15)26-18(20)21)17(24)22-13-19(6-2-3-7-19)23-8-10-27-11-9-23/h4-5,12,18H,2-3,6-11,13H2,1H3,(H,22,24). The van der Waals surface area contributed by atoms with Crippen LogP contribution in [-0.2, 0) is 0 Å². The number of alkyl halides is 2. The summed E-state index contributed by atoms with van der Waals surface area (Å²) in [6.45, 7) is -0.297. The highest BCUT2D eigenvalue weighted by Crippen LogP contribution is 2.36. The molecule has 2 aliphatic rings. The topological polar surface area (TPSA) is 50.8 Å². The molecule has 1 N–H and O–H groups in total. The lowest BCUT2D eigenvalue weighted by Gasteiger charge is -2.43. The molecular formula is C19H26F2N2O3S. The highest BCUT2D eigenvalue weighted by atomic mass is 32.2. The zero-order chi connectivity index (χ0) is 19.3. The second kappa shape index (κ2) is 9.10. The van der Waals surface area contributed by atoms with Crippen molar-refractivity contribution in [3.05, 3.63) is 23.8 Å². The molecule has 3 rings (SSSR count). The Labute approximate surface area is 162 Å². The van der Waals surface area contributed by atoms with E-state index in [2.05, 4.69) is 15.0 Å². The van der Waals surface area contributed by atoms with Crippen molar-refractivity contribution in [2.24, 2.45) is 0 Å². The van der Waals surface area contributed by atoms with Gasteiger partial charge < -0.3 is 14.8 Å². The van der Waals surface area contributed by atoms with Gasteiger partial charge in [-0.25, -0.2) is 0 Å². The van der Waals surface area contributed by atoms with Crippen LogP contribution in [0.3, 0.4) is 0 Å². The Morgan fingerprint density at radius 2 is 1.96 bits per heavy atom. The van der Waals surface area contributed by atoms with Crippen LogP contribution in [-0.4, -0.2) is 61.2 Å². The van der Waals surface area contributed by atoms with Gasteiger partial charge in [-0.05, 0) is 31.0 Å². The minimum atomic E-state index is -2.98. The number of rotatable bonds is 7. The third-order valence-electron chi connectivity index (χ3n) is 5.44. The minimum absolute atomic E-state index is 0.0193. The normalized spacial score (nSPS) is 19.9. The molecule has 1 saturated carbocycles. The Hall–Kier alpha value is -1.54. The average molecular weight is 400 g/mol. The quantitative estimate of drug-likeness (QED) is 0.760. The van der Waals surface area contributed by atoms with Gasteiger partial charge in [-0.15, -0.1) is 0 Å². The summed E-state index contributed by atoms with van der Waals surface area (Å²) in [5, 5.41) is 3.03. The number of nitrogens with one attached hydrogen (secondary N) is 1. The van der Waals surface area contributed by atoms with Gasteiger partial charge >= 0.3 is 6.61 Å². The van der Waals surface area contributed by atoms with E-state index < -0.39 is 6.61 Å². The van der Waals surface area contributed by atoms with Gasteiger partial charge in [0.15, 0.2) is 11.5 Å². The molecular weight excluding hydrogens is 374 g/mol. The second-order valence-corrected chi connectivity index (χ2v) is 8.18. The molecule has 0 radical (unpaired) electrons. The lowest BCUT2D eigenvalue weighted by atomic mass is 9.94. The van der Waals surface area contributed by atoms with Crippen molar-refractivity contribution >= 4 is 17.7 Å². The first-order valence-electron chi connectivity index (χ1n) is 9.28. The van der Waals surface area contributed by atoms with Crippen molar-refractivity contribution in [2.75, 3.05) is 38.2 Å². The Morgan fingerprint density at radius 1 is 1.26 bits per heavy atom. The zero-order valence-corrected chi connectivity index (χ0v) is 16.3. The SMILES string of the molecule is COc1ccc(C(=O)NCC2(N3CCSCC3)CCCC2)cc1OC(F)F. The largest absolute Gasteiger partial charge is 0.493 e. The van der Waals surface area contributed by atoms with E-state index in [0.29, 0.717) is 6.54 Å². The molecule has 1 aromatic carbocycles. The average Bonchev–Trinajstić information content (AvgIpc) is 3.16. The molecule has 1 aliphatic heterocycles. The first-order chi connectivity index (χ1) is 13.0. The number of carbonyl (C=O) groups is 1. The van der Waals surface area contributed by atoms with Gasteiger partial charge in [0.05, 0.1) is 7.11 Å². The van der Waals surface area contributed by atoms with Crippen molar-refractivity contribution in [1.82, 2.24) is 10.2 Å². The van der Waals surface area contributed by atoms with Crippen LogP contribution in [0.25, 0.3) is 0 Å². The van der Waals surface area contributed by atoms with Crippen molar-refractivity contribution in [1.29, 1.82) is 0 Å². The van der Waals surface area contributed by atoms with Gasteiger partial charge in [0.2, 0.25) is 0 Å². The van der Waals surface area contributed by atoms with Crippen LogP contribution in [0.2, 0.25) is 0 Å². The molecule has 1 aromatic rings. The van der Waals surface area contributed by atoms with Crippen LogP contribution in [0.4, 0.5) is 8.78 Å². The lowest BCUT2D eigenvalue weighted by Crippen LogP contribution is -2.56. The second-order valence-electron chi connectivity index (χ2n) is 6.96. The maximum Gasteiger partial charge on any atom is 0.387 e. The summed E-state index contributed by atoms with van der Waals surface area (Å²) in [6, 6.07) is 4.34. The molecule has 1 aliphatic carbocycles. The molecule has 27 heavy (non-hydrogen) atoms. The zero-order valence-electron chi connectivity index (χ0n) is 15.5. The summed E-state index contributed by atoms with van der Waals surface area (Å²) in [4.78, 5) is 15.2. The predicted octanol–water partition coefficient (Wildman–Crippen LogP) is 3.39. The first kappa shape index (κ1) is 20.2. The van der Waals surface area contributed by atoms with Crippen molar-refractivity contribution in [3.8, 4) is 11.5 Å². The maximum atomic E-state index is 12.6. The number of hydrogen-bond acceptors (Lipinski definition) is 5. The number of thioether (sulfide) groups is 1. The molecule has 5 nitrogen and oxygen atoms in total. The highest BCUT2D eigenvalue weighted by molar-refractivity contribution is 7.99. The number of hydrogen-bond donors (Lipinski definition) is 1. The smallest absolute Gasteiger partial charge is 0.387 e. The molecule has 8 heteroatoms.